The molecule has 1 N–H and O–H groups in total. The molecule has 1 saturated heterocycles. The second-order valence-corrected chi connectivity index (χ2v) is 7.11. The third kappa shape index (κ3) is 3.44. The van der Waals surface area contributed by atoms with Crippen molar-refractivity contribution in [1.29, 1.82) is 0 Å². The summed E-state index contributed by atoms with van der Waals surface area (Å²) in [4.78, 5) is 24.1. The molecule has 0 aromatic carbocycles. The highest BCUT2D eigenvalue weighted by Crippen LogP contribution is 2.15. The topological polar surface area (TPSA) is 91.8 Å². The summed E-state index contributed by atoms with van der Waals surface area (Å²) >= 11 is 0. The predicted octanol–water partition coefficient (Wildman–Crippen LogP) is 0.133. The van der Waals surface area contributed by atoms with Gasteiger partial charge in [0.25, 0.3) is 0 Å². The number of aliphatic carboxylic acids is 1. The maximum absolute atomic E-state index is 11.9. The second kappa shape index (κ2) is 5.69. The van der Waals surface area contributed by atoms with Crippen LogP contribution < -0.4 is 0 Å². The number of carboxylic acids is 1. The van der Waals surface area contributed by atoms with Gasteiger partial charge in [0.15, 0.2) is 9.84 Å². The van der Waals surface area contributed by atoms with Crippen molar-refractivity contribution in [2.24, 2.45) is 5.92 Å². The molecule has 18 heavy (non-hydrogen) atoms. The van der Waals surface area contributed by atoms with Gasteiger partial charge in [-0.2, -0.15) is 0 Å². The molecule has 104 valence electrons. The van der Waals surface area contributed by atoms with Crippen LogP contribution in [0.15, 0.2) is 0 Å². The van der Waals surface area contributed by atoms with Crippen molar-refractivity contribution in [2.75, 3.05) is 18.8 Å². The number of hydrogen-bond acceptors (Lipinski definition) is 4. The van der Waals surface area contributed by atoms with Crippen LogP contribution in [0.3, 0.4) is 0 Å². The molecule has 1 rings (SSSR count). The molecule has 7 heteroatoms. The summed E-state index contributed by atoms with van der Waals surface area (Å²) in [5.41, 5.74) is 0. The minimum absolute atomic E-state index is 0.412. The number of hydrogen-bond donors (Lipinski definition) is 1. The molecule has 0 bridgehead atoms. The van der Waals surface area contributed by atoms with E-state index in [1.54, 1.807) is 0 Å². The minimum Gasteiger partial charge on any atom is -0.481 e. The van der Waals surface area contributed by atoms with Gasteiger partial charge in [0, 0.05) is 13.1 Å². The van der Waals surface area contributed by atoms with Gasteiger partial charge in [0.2, 0.25) is 5.91 Å². The standard InChI is InChI=1S/C11H19NO5S/c1-8(11(14)15)7-18(16,17)9(2)10(13)12-5-3-4-6-12/h8-9H,3-7H2,1-2H3,(H,14,15). The van der Waals surface area contributed by atoms with Crippen LogP contribution in [0.1, 0.15) is 26.7 Å². The molecule has 1 aliphatic heterocycles. The molecule has 2 atom stereocenters. The average molecular weight is 277 g/mol. The van der Waals surface area contributed by atoms with E-state index in [0.717, 1.165) is 12.8 Å². The number of sulfone groups is 1. The first-order chi connectivity index (χ1) is 8.25. The van der Waals surface area contributed by atoms with E-state index >= 15 is 0 Å². The minimum atomic E-state index is -3.71. The van der Waals surface area contributed by atoms with E-state index in [4.69, 9.17) is 5.11 Å². The van der Waals surface area contributed by atoms with Gasteiger partial charge in [-0.25, -0.2) is 8.42 Å². The summed E-state index contributed by atoms with van der Waals surface area (Å²) < 4.78 is 23.9. The van der Waals surface area contributed by atoms with E-state index in [1.807, 2.05) is 0 Å². The Morgan fingerprint density at radius 2 is 1.72 bits per heavy atom. The number of likely N-dealkylation sites (tertiary alicyclic amines) is 1. The fraction of sp³-hybridized carbons (Fsp3) is 0.818. The highest BCUT2D eigenvalue weighted by Gasteiger charge is 2.34. The molecule has 0 aromatic heterocycles. The van der Waals surface area contributed by atoms with Crippen molar-refractivity contribution < 1.29 is 23.1 Å². The number of carbonyl (C=O) groups is 2. The van der Waals surface area contributed by atoms with Gasteiger partial charge < -0.3 is 10.0 Å². The maximum atomic E-state index is 11.9. The lowest BCUT2D eigenvalue weighted by atomic mass is 10.2. The van der Waals surface area contributed by atoms with Crippen LogP contribution in [-0.4, -0.2) is 54.4 Å². The van der Waals surface area contributed by atoms with E-state index < -0.39 is 38.6 Å². The van der Waals surface area contributed by atoms with Crippen LogP contribution in [0.25, 0.3) is 0 Å². The summed E-state index contributed by atoms with van der Waals surface area (Å²) in [7, 11) is -3.71. The van der Waals surface area contributed by atoms with E-state index in [0.29, 0.717) is 13.1 Å². The fourth-order valence-corrected chi connectivity index (χ4v) is 3.50. The Kier molecular flexibility index (Phi) is 4.72. The van der Waals surface area contributed by atoms with Gasteiger partial charge in [-0.05, 0) is 19.8 Å². The normalized spacial score (nSPS) is 19.6. The summed E-state index contributed by atoms with van der Waals surface area (Å²) in [6.07, 6.45) is 1.79. The molecule has 2 unspecified atom stereocenters. The smallest absolute Gasteiger partial charge is 0.307 e. The number of amides is 1. The van der Waals surface area contributed by atoms with Crippen molar-refractivity contribution in [3.8, 4) is 0 Å². The van der Waals surface area contributed by atoms with Gasteiger partial charge in [-0.15, -0.1) is 0 Å². The molecule has 1 amide bonds. The first-order valence-corrected chi connectivity index (χ1v) is 7.70. The quantitative estimate of drug-likeness (QED) is 0.771. The predicted molar refractivity (Wildman–Crippen MR) is 65.9 cm³/mol. The van der Waals surface area contributed by atoms with Crippen molar-refractivity contribution in [3.05, 3.63) is 0 Å². The second-order valence-electron chi connectivity index (χ2n) is 4.74. The first kappa shape index (κ1) is 14.9. The highest BCUT2D eigenvalue weighted by molar-refractivity contribution is 7.92. The summed E-state index contributed by atoms with van der Waals surface area (Å²) in [6, 6.07) is 0. The largest absolute Gasteiger partial charge is 0.481 e. The van der Waals surface area contributed by atoms with Crippen LogP contribution in [-0.2, 0) is 19.4 Å². The van der Waals surface area contributed by atoms with Crippen LogP contribution in [0.4, 0.5) is 0 Å². The lowest BCUT2D eigenvalue weighted by molar-refractivity contribution is -0.140. The molecule has 0 aromatic rings. The van der Waals surface area contributed by atoms with Crippen molar-refractivity contribution in [1.82, 2.24) is 4.90 Å². The zero-order valence-corrected chi connectivity index (χ0v) is 11.4. The Hall–Kier alpha value is -1.11. The Morgan fingerprint density at radius 1 is 1.22 bits per heavy atom. The summed E-state index contributed by atoms with van der Waals surface area (Å²) in [6.45, 7) is 3.85. The van der Waals surface area contributed by atoms with E-state index in [9.17, 15) is 18.0 Å². The first-order valence-electron chi connectivity index (χ1n) is 5.99. The zero-order valence-electron chi connectivity index (χ0n) is 10.6. The van der Waals surface area contributed by atoms with Gasteiger partial charge in [-0.3, -0.25) is 9.59 Å². The van der Waals surface area contributed by atoms with Crippen LogP contribution in [0.5, 0.6) is 0 Å². The molecule has 0 saturated carbocycles. The van der Waals surface area contributed by atoms with Crippen molar-refractivity contribution >= 4 is 21.7 Å². The Morgan fingerprint density at radius 3 is 2.17 bits per heavy atom. The SMILES string of the molecule is CC(CS(=O)(=O)C(C)C(=O)N1CCCC1)C(=O)O. The number of carbonyl (C=O) groups excluding carboxylic acids is 1. The van der Waals surface area contributed by atoms with E-state index in [1.165, 1.54) is 18.7 Å². The van der Waals surface area contributed by atoms with Gasteiger partial charge in [0.1, 0.15) is 5.25 Å². The third-order valence-electron chi connectivity index (χ3n) is 3.21. The fourth-order valence-electron chi connectivity index (χ4n) is 1.91. The van der Waals surface area contributed by atoms with E-state index in [2.05, 4.69) is 0 Å². The molecular formula is C11H19NO5S. The lowest BCUT2D eigenvalue weighted by Crippen LogP contribution is -2.42. The van der Waals surface area contributed by atoms with Gasteiger partial charge >= 0.3 is 5.97 Å². The van der Waals surface area contributed by atoms with Crippen molar-refractivity contribution in [3.63, 3.8) is 0 Å². The molecule has 0 aliphatic carbocycles. The Bertz CT molecular complexity index is 425. The monoisotopic (exact) mass is 277 g/mol. The molecule has 0 spiro atoms. The Labute approximate surface area is 107 Å². The molecule has 1 aliphatic rings. The number of rotatable bonds is 5. The van der Waals surface area contributed by atoms with E-state index in [-0.39, 0.29) is 0 Å². The van der Waals surface area contributed by atoms with Crippen molar-refractivity contribution in [2.45, 2.75) is 31.9 Å². The van der Waals surface area contributed by atoms with Gasteiger partial charge in [-0.1, -0.05) is 6.92 Å². The van der Waals surface area contributed by atoms with Crippen LogP contribution >= 0.6 is 0 Å². The maximum Gasteiger partial charge on any atom is 0.307 e. The molecular weight excluding hydrogens is 258 g/mol. The van der Waals surface area contributed by atoms with Crippen LogP contribution in [0, 0.1) is 5.92 Å². The van der Waals surface area contributed by atoms with Crippen LogP contribution in [0.2, 0.25) is 0 Å². The number of carboxylic acid groups (broad SMARTS) is 1. The van der Waals surface area contributed by atoms with Gasteiger partial charge in [0.05, 0.1) is 11.7 Å². The zero-order chi connectivity index (χ0) is 13.9. The molecule has 1 heterocycles. The summed E-state index contributed by atoms with van der Waals surface area (Å²) in [5, 5.41) is 7.56. The molecule has 1 fully saturated rings. The Balaban J connectivity index is 2.71. The average Bonchev–Trinajstić information content (AvgIpc) is 2.79. The highest BCUT2D eigenvalue weighted by atomic mass is 32.2. The molecule has 0 radical (unpaired) electrons. The summed E-state index contributed by atoms with van der Waals surface area (Å²) in [5.74, 6) is -3.07. The third-order valence-corrected chi connectivity index (χ3v) is 5.45. The molecule has 6 nitrogen and oxygen atoms in total. The lowest BCUT2D eigenvalue weighted by Gasteiger charge is -2.21. The number of nitrogens with zero attached hydrogens (tertiary/aromatic N) is 1.